The minimum Gasteiger partial charge on any atom is -0.489 e. The number of nitrogens with one attached hydrogen (secondary N) is 1. The number of carbonyl (C=O) groups is 1. The average molecular weight is 394 g/mol. The Morgan fingerprint density at radius 1 is 1.04 bits per heavy atom. The van der Waals surface area contributed by atoms with Crippen LogP contribution >= 0.6 is 11.6 Å². The van der Waals surface area contributed by atoms with Crippen LogP contribution in [0.3, 0.4) is 0 Å². The lowest BCUT2D eigenvalue weighted by atomic mass is 10.00. The second kappa shape index (κ2) is 8.94. The summed E-state index contributed by atoms with van der Waals surface area (Å²) in [6, 6.07) is 20.9. The summed E-state index contributed by atoms with van der Waals surface area (Å²) < 4.78 is 5.77. The first-order valence-electron chi connectivity index (χ1n) is 9.28. The summed E-state index contributed by atoms with van der Waals surface area (Å²) in [6.45, 7) is 6.51. The third-order valence-electron chi connectivity index (χ3n) is 4.71. The Bertz CT molecular complexity index is 967. The van der Waals surface area contributed by atoms with E-state index in [1.807, 2.05) is 31.2 Å². The number of rotatable bonds is 6. The number of amides is 1. The Labute approximate surface area is 171 Å². The number of hydrogen-bond acceptors (Lipinski definition) is 2. The highest BCUT2D eigenvalue weighted by Crippen LogP contribution is 2.21. The smallest absolute Gasteiger partial charge is 0.251 e. The first-order valence-corrected chi connectivity index (χ1v) is 9.66. The second-order valence-corrected chi connectivity index (χ2v) is 7.37. The van der Waals surface area contributed by atoms with E-state index in [1.54, 1.807) is 24.3 Å². The molecule has 0 aromatic heterocycles. The van der Waals surface area contributed by atoms with Crippen molar-refractivity contribution in [3.63, 3.8) is 0 Å². The molecule has 4 heteroatoms. The van der Waals surface area contributed by atoms with Gasteiger partial charge in [-0.25, -0.2) is 0 Å². The van der Waals surface area contributed by atoms with Crippen molar-refractivity contribution >= 4 is 17.5 Å². The van der Waals surface area contributed by atoms with Gasteiger partial charge in [0.25, 0.3) is 5.91 Å². The minimum atomic E-state index is -0.106. The van der Waals surface area contributed by atoms with Gasteiger partial charge in [-0.3, -0.25) is 4.79 Å². The molecule has 1 atom stereocenters. The SMILES string of the molecule is Cc1ccc([C@@H](C)NC(=O)c2ccc(OCc3ccccc3Cl)cc2)c(C)c1. The molecule has 28 heavy (non-hydrogen) atoms. The maximum Gasteiger partial charge on any atom is 0.251 e. The van der Waals surface area contributed by atoms with Crippen molar-refractivity contribution in [2.24, 2.45) is 0 Å². The van der Waals surface area contributed by atoms with Gasteiger partial charge in [0.15, 0.2) is 0 Å². The van der Waals surface area contributed by atoms with E-state index in [0.717, 1.165) is 11.1 Å². The molecule has 0 saturated carbocycles. The van der Waals surface area contributed by atoms with E-state index < -0.39 is 0 Å². The number of carbonyl (C=O) groups excluding carboxylic acids is 1. The van der Waals surface area contributed by atoms with E-state index in [2.05, 4.69) is 37.4 Å². The van der Waals surface area contributed by atoms with Gasteiger partial charge >= 0.3 is 0 Å². The van der Waals surface area contributed by atoms with E-state index in [4.69, 9.17) is 16.3 Å². The maximum absolute atomic E-state index is 12.6. The molecular formula is C24H24ClNO2. The molecule has 3 aromatic rings. The molecule has 0 aliphatic carbocycles. The highest BCUT2D eigenvalue weighted by Gasteiger charge is 2.13. The van der Waals surface area contributed by atoms with Crippen LogP contribution in [0.5, 0.6) is 5.75 Å². The van der Waals surface area contributed by atoms with Gasteiger partial charge in [0.2, 0.25) is 0 Å². The van der Waals surface area contributed by atoms with Crippen molar-refractivity contribution < 1.29 is 9.53 Å². The van der Waals surface area contributed by atoms with Gasteiger partial charge in [-0.05, 0) is 62.2 Å². The number of benzene rings is 3. The zero-order valence-electron chi connectivity index (χ0n) is 16.3. The van der Waals surface area contributed by atoms with Crippen LogP contribution in [0.2, 0.25) is 5.02 Å². The Balaban J connectivity index is 1.61. The molecule has 144 valence electrons. The Morgan fingerprint density at radius 2 is 1.75 bits per heavy atom. The van der Waals surface area contributed by atoms with Crippen LogP contribution in [0, 0.1) is 13.8 Å². The first kappa shape index (κ1) is 20.0. The minimum absolute atomic E-state index is 0.0655. The zero-order chi connectivity index (χ0) is 20.1. The fourth-order valence-electron chi connectivity index (χ4n) is 3.15. The number of halogens is 1. The molecule has 1 N–H and O–H groups in total. The molecule has 0 unspecified atom stereocenters. The van der Waals surface area contributed by atoms with Gasteiger partial charge in [0.1, 0.15) is 12.4 Å². The van der Waals surface area contributed by atoms with Crippen LogP contribution < -0.4 is 10.1 Å². The highest BCUT2D eigenvalue weighted by molar-refractivity contribution is 6.31. The molecule has 3 aromatic carbocycles. The van der Waals surface area contributed by atoms with Crippen molar-refractivity contribution in [2.45, 2.75) is 33.4 Å². The average Bonchev–Trinajstić information content (AvgIpc) is 2.67. The van der Waals surface area contributed by atoms with Crippen LogP contribution in [-0.2, 0) is 6.61 Å². The predicted molar refractivity (Wildman–Crippen MR) is 114 cm³/mol. The normalized spacial score (nSPS) is 11.7. The van der Waals surface area contributed by atoms with Gasteiger partial charge in [-0.15, -0.1) is 0 Å². The highest BCUT2D eigenvalue weighted by atomic mass is 35.5. The first-order chi connectivity index (χ1) is 13.4. The van der Waals surface area contributed by atoms with Crippen LogP contribution in [0.4, 0.5) is 0 Å². The van der Waals surface area contributed by atoms with E-state index >= 15 is 0 Å². The molecule has 0 aliphatic rings. The molecule has 0 heterocycles. The topological polar surface area (TPSA) is 38.3 Å². The molecule has 0 saturated heterocycles. The van der Waals surface area contributed by atoms with Crippen molar-refractivity contribution in [1.29, 1.82) is 0 Å². The summed E-state index contributed by atoms with van der Waals surface area (Å²) in [5.41, 5.74) is 5.04. The number of ether oxygens (including phenoxy) is 1. The summed E-state index contributed by atoms with van der Waals surface area (Å²) in [7, 11) is 0. The number of hydrogen-bond donors (Lipinski definition) is 1. The van der Waals surface area contributed by atoms with Crippen LogP contribution in [-0.4, -0.2) is 5.91 Å². The molecule has 0 radical (unpaired) electrons. The predicted octanol–water partition coefficient (Wildman–Crippen LogP) is 6.03. The largest absolute Gasteiger partial charge is 0.489 e. The quantitative estimate of drug-likeness (QED) is 0.555. The van der Waals surface area contributed by atoms with Crippen LogP contribution in [0.15, 0.2) is 66.7 Å². The maximum atomic E-state index is 12.6. The van der Waals surface area contributed by atoms with Crippen LogP contribution in [0.1, 0.15) is 45.6 Å². The molecule has 0 aliphatic heterocycles. The molecule has 0 spiro atoms. The molecule has 0 bridgehead atoms. The fourth-order valence-corrected chi connectivity index (χ4v) is 3.34. The Kier molecular flexibility index (Phi) is 6.37. The monoisotopic (exact) mass is 393 g/mol. The third-order valence-corrected chi connectivity index (χ3v) is 5.08. The fraction of sp³-hybridized carbons (Fsp3) is 0.208. The second-order valence-electron chi connectivity index (χ2n) is 6.96. The van der Waals surface area contributed by atoms with Gasteiger partial charge in [0, 0.05) is 16.1 Å². The standard InChI is InChI=1S/C24H24ClNO2/c1-16-8-13-22(17(2)14-16)18(3)26-24(27)19-9-11-21(12-10-19)28-15-20-6-4-5-7-23(20)25/h4-14,18H,15H2,1-3H3,(H,26,27)/t18-/m1/s1. The summed E-state index contributed by atoms with van der Waals surface area (Å²) in [4.78, 5) is 12.6. The van der Waals surface area contributed by atoms with Gasteiger partial charge in [-0.2, -0.15) is 0 Å². The van der Waals surface area contributed by atoms with Gasteiger partial charge in [0.05, 0.1) is 6.04 Å². The van der Waals surface area contributed by atoms with Gasteiger partial charge in [-0.1, -0.05) is 53.6 Å². The molecule has 1 amide bonds. The summed E-state index contributed by atoms with van der Waals surface area (Å²) >= 11 is 6.14. The van der Waals surface area contributed by atoms with Gasteiger partial charge < -0.3 is 10.1 Å². The van der Waals surface area contributed by atoms with Crippen LogP contribution in [0.25, 0.3) is 0 Å². The van der Waals surface area contributed by atoms with E-state index in [-0.39, 0.29) is 11.9 Å². The molecule has 0 fully saturated rings. The van der Waals surface area contributed by atoms with E-state index in [0.29, 0.717) is 22.9 Å². The third kappa shape index (κ3) is 4.93. The zero-order valence-corrected chi connectivity index (χ0v) is 17.1. The van der Waals surface area contributed by atoms with Crippen molar-refractivity contribution in [2.75, 3.05) is 0 Å². The van der Waals surface area contributed by atoms with Crippen molar-refractivity contribution in [1.82, 2.24) is 5.32 Å². The lowest BCUT2D eigenvalue weighted by Crippen LogP contribution is -2.27. The van der Waals surface area contributed by atoms with E-state index in [9.17, 15) is 4.79 Å². The van der Waals surface area contributed by atoms with Crippen molar-refractivity contribution in [3.05, 3.63) is 99.6 Å². The van der Waals surface area contributed by atoms with E-state index in [1.165, 1.54) is 11.1 Å². The molecule has 3 rings (SSSR count). The molecular weight excluding hydrogens is 370 g/mol. The van der Waals surface area contributed by atoms with Crippen molar-refractivity contribution in [3.8, 4) is 5.75 Å². The number of aryl methyl sites for hydroxylation is 2. The Hall–Kier alpha value is -2.78. The Morgan fingerprint density at radius 3 is 2.43 bits per heavy atom. The lowest BCUT2D eigenvalue weighted by Gasteiger charge is -2.17. The summed E-state index contributed by atoms with van der Waals surface area (Å²) in [5.74, 6) is 0.587. The molecule has 3 nitrogen and oxygen atoms in total. The summed E-state index contributed by atoms with van der Waals surface area (Å²) in [5, 5.41) is 3.74. The lowest BCUT2D eigenvalue weighted by molar-refractivity contribution is 0.0940. The summed E-state index contributed by atoms with van der Waals surface area (Å²) in [6.07, 6.45) is 0.